The molecule has 3 aromatic heterocycles. The zero-order chi connectivity index (χ0) is 15.6. The standard InChI is InChI=1S/C19H11ClN2S/c20-15-7-11-19-21-17(13-22(19)12-15)18-10-9-16(23-18)8-6-14-4-2-1-3-5-14/h1-5,7,9-13H. The van der Waals surface area contributed by atoms with Crippen molar-refractivity contribution in [2.75, 3.05) is 0 Å². The van der Waals surface area contributed by atoms with Gasteiger partial charge in [0, 0.05) is 18.0 Å². The summed E-state index contributed by atoms with van der Waals surface area (Å²) >= 11 is 7.66. The Bertz CT molecular complexity index is 1040. The van der Waals surface area contributed by atoms with Gasteiger partial charge in [-0.1, -0.05) is 41.6 Å². The van der Waals surface area contributed by atoms with Gasteiger partial charge < -0.3 is 4.40 Å². The third kappa shape index (κ3) is 3.00. The number of nitrogens with zero attached hydrogens (tertiary/aromatic N) is 2. The number of thiophene rings is 1. The van der Waals surface area contributed by atoms with E-state index in [0.29, 0.717) is 5.02 Å². The molecule has 0 amide bonds. The summed E-state index contributed by atoms with van der Waals surface area (Å²) in [6.07, 6.45) is 3.85. The summed E-state index contributed by atoms with van der Waals surface area (Å²) in [4.78, 5) is 6.75. The van der Waals surface area contributed by atoms with Crippen LogP contribution in [-0.2, 0) is 0 Å². The van der Waals surface area contributed by atoms with E-state index in [-0.39, 0.29) is 0 Å². The molecule has 0 saturated carbocycles. The number of pyridine rings is 1. The van der Waals surface area contributed by atoms with Crippen LogP contribution >= 0.6 is 22.9 Å². The highest BCUT2D eigenvalue weighted by atomic mass is 35.5. The van der Waals surface area contributed by atoms with E-state index in [1.165, 1.54) is 0 Å². The molecule has 0 bridgehead atoms. The average Bonchev–Trinajstić information content (AvgIpc) is 3.20. The van der Waals surface area contributed by atoms with Crippen molar-refractivity contribution in [1.29, 1.82) is 0 Å². The number of rotatable bonds is 1. The summed E-state index contributed by atoms with van der Waals surface area (Å²) in [6.45, 7) is 0. The van der Waals surface area contributed by atoms with Gasteiger partial charge in [-0.05, 0) is 36.4 Å². The molecule has 0 spiro atoms. The molecule has 0 atom stereocenters. The van der Waals surface area contributed by atoms with Crippen molar-refractivity contribution >= 4 is 28.6 Å². The Morgan fingerprint density at radius 3 is 2.65 bits per heavy atom. The first-order chi connectivity index (χ1) is 11.3. The Balaban J connectivity index is 1.65. The van der Waals surface area contributed by atoms with Crippen molar-refractivity contribution in [3.8, 4) is 22.4 Å². The van der Waals surface area contributed by atoms with Crippen molar-refractivity contribution in [3.05, 3.63) is 82.5 Å². The van der Waals surface area contributed by atoms with Crippen LogP contribution in [0.2, 0.25) is 5.02 Å². The van der Waals surface area contributed by atoms with Gasteiger partial charge in [-0.2, -0.15) is 0 Å². The molecule has 23 heavy (non-hydrogen) atoms. The number of hydrogen-bond acceptors (Lipinski definition) is 2. The minimum absolute atomic E-state index is 0.696. The summed E-state index contributed by atoms with van der Waals surface area (Å²) in [5.41, 5.74) is 2.84. The second-order valence-electron chi connectivity index (χ2n) is 5.02. The lowest BCUT2D eigenvalue weighted by Crippen LogP contribution is -1.79. The zero-order valence-electron chi connectivity index (χ0n) is 12.0. The zero-order valence-corrected chi connectivity index (χ0v) is 13.6. The lowest BCUT2D eigenvalue weighted by Gasteiger charge is -1.91. The monoisotopic (exact) mass is 334 g/mol. The van der Waals surface area contributed by atoms with Gasteiger partial charge in [0.1, 0.15) is 5.65 Å². The fourth-order valence-electron chi connectivity index (χ4n) is 2.28. The Morgan fingerprint density at radius 1 is 0.913 bits per heavy atom. The number of halogens is 1. The number of imidazole rings is 1. The second-order valence-corrected chi connectivity index (χ2v) is 6.54. The van der Waals surface area contributed by atoms with E-state index in [0.717, 1.165) is 26.7 Å². The lowest BCUT2D eigenvalue weighted by atomic mass is 10.2. The molecule has 3 heterocycles. The molecule has 4 heteroatoms. The van der Waals surface area contributed by atoms with Crippen LogP contribution in [0.3, 0.4) is 0 Å². The van der Waals surface area contributed by atoms with Crippen LogP contribution in [0.1, 0.15) is 10.4 Å². The van der Waals surface area contributed by atoms with Crippen molar-refractivity contribution in [1.82, 2.24) is 9.38 Å². The molecule has 110 valence electrons. The summed E-state index contributed by atoms with van der Waals surface area (Å²) in [7, 11) is 0. The van der Waals surface area contributed by atoms with E-state index >= 15 is 0 Å². The van der Waals surface area contributed by atoms with Crippen LogP contribution in [0.15, 0.2) is 67.0 Å². The summed E-state index contributed by atoms with van der Waals surface area (Å²) < 4.78 is 1.94. The maximum absolute atomic E-state index is 6.01. The molecule has 4 aromatic rings. The second kappa shape index (κ2) is 5.92. The Kier molecular flexibility index (Phi) is 3.63. The van der Waals surface area contributed by atoms with Crippen LogP contribution in [0.4, 0.5) is 0 Å². The highest BCUT2D eigenvalue weighted by Crippen LogP contribution is 2.27. The summed E-state index contributed by atoms with van der Waals surface area (Å²) in [5.74, 6) is 6.38. The van der Waals surface area contributed by atoms with Crippen molar-refractivity contribution in [2.24, 2.45) is 0 Å². The number of aromatic nitrogens is 2. The fraction of sp³-hybridized carbons (Fsp3) is 0. The maximum Gasteiger partial charge on any atom is 0.137 e. The van der Waals surface area contributed by atoms with Crippen LogP contribution in [-0.4, -0.2) is 9.38 Å². The molecule has 0 aliphatic carbocycles. The molecule has 0 saturated heterocycles. The van der Waals surface area contributed by atoms with Gasteiger partial charge in [0.25, 0.3) is 0 Å². The lowest BCUT2D eigenvalue weighted by molar-refractivity contribution is 1.19. The highest BCUT2D eigenvalue weighted by molar-refractivity contribution is 7.16. The molecule has 0 fully saturated rings. The topological polar surface area (TPSA) is 17.3 Å². The number of benzene rings is 1. The molecule has 1 aromatic carbocycles. The van der Waals surface area contributed by atoms with Gasteiger partial charge in [0.2, 0.25) is 0 Å². The Labute approximate surface area is 143 Å². The van der Waals surface area contributed by atoms with E-state index in [2.05, 4.69) is 22.9 Å². The Morgan fingerprint density at radius 2 is 1.78 bits per heavy atom. The molecule has 0 radical (unpaired) electrons. The molecule has 0 N–H and O–H groups in total. The highest BCUT2D eigenvalue weighted by Gasteiger charge is 2.07. The van der Waals surface area contributed by atoms with E-state index in [1.54, 1.807) is 11.3 Å². The van der Waals surface area contributed by atoms with E-state index in [1.807, 2.05) is 65.3 Å². The number of fused-ring (bicyclic) bond motifs is 1. The molecule has 2 nitrogen and oxygen atoms in total. The predicted molar refractivity (Wildman–Crippen MR) is 95.9 cm³/mol. The molecule has 0 aliphatic rings. The molecule has 4 rings (SSSR count). The first-order valence-corrected chi connectivity index (χ1v) is 8.29. The van der Waals surface area contributed by atoms with Crippen molar-refractivity contribution in [3.63, 3.8) is 0 Å². The average molecular weight is 335 g/mol. The largest absolute Gasteiger partial charge is 0.305 e. The molecular weight excluding hydrogens is 324 g/mol. The van der Waals surface area contributed by atoms with Gasteiger partial charge in [0.05, 0.1) is 20.5 Å². The van der Waals surface area contributed by atoms with Crippen LogP contribution in [0.25, 0.3) is 16.2 Å². The first kappa shape index (κ1) is 14.1. The van der Waals surface area contributed by atoms with Crippen LogP contribution in [0.5, 0.6) is 0 Å². The molecule has 0 unspecified atom stereocenters. The van der Waals surface area contributed by atoms with Crippen molar-refractivity contribution < 1.29 is 0 Å². The first-order valence-electron chi connectivity index (χ1n) is 7.09. The smallest absolute Gasteiger partial charge is 0.137 e. The van der Waals surface area contributed by atoms with Gasteiger partial charge in [-0.15, -0.1) is 11.3 Å². The fourth-order valence-corrected chi connectivity index (χ4v) is 3.26. The maximum atomic E-state index is 6.01. The Hall–Kier alpha value is -2.54. The summed E-state index contributed by atoms with van der Waals surface area (Å²) in [5, 5.41) is 0.696. The van der Waals surface area contributed by atoms with Crippen LogP contribution < -0.4 is 0 Å². The molecule has 0 aliphatic heterocycles. The normalized spacial score (nSPS) is 10.5. The minimum atomic E-state index is 0.696. The SMILES string of the molecule is Clc1ccc2nc(-c3ccc(C#Cc4ccccc4)s3)cn2c1. The van der Waals surface area contributed by atoms with Crippen LogP contribution in [0, 0.1) is 11.8 Å². The van der Waals surface area contributed by atoms with Gasteiger partial charge in [-0.25, -0.2) is 4.98 Å². The van der Waals surface area contributed by atoms with E-state index in [9.17, 15) is 0 Å². The molecular formula is C19H11ClN2S. The quantitative estimate of drug-likeness (QED) is 0.442. The minimum Gasteiger partial charge on any atom is -0.305 e. The summed E-state index contributed by atoms with van der Waals surface area (Å²) in [6, 6.07) is 17.8. The number of hydrogen-bond donors (Lipinski definition) is 0. The third-order valence-electron chi connectivity index (χ3n) is 3.38. The van der Waals surface area contributed by atoms with Gasteiger partial charge in [-0.3, -0.25) is 0 Å². The van der Waals surface area contributed by atoms with Gasteiger partial charge >= 0.3 is 0 Å². The van der Waals surface area contributed by atoms with Crippen molar-refractivity contribution in [2.45, 2.75) is 0 Å². The predicted octanol–water partition coefficient (Wildman–Crippen LogP) is 5.12. The van der Waals surface area contributed by atoms with E-state index in [4.69, 9.17) is 11.6 Å². The van der Waals surface area contributed by atoms with E-state index < -0.39 is 0 Å². The van der Waals surface area contributed by atoms with Gasteiger partial charge in [0.15, 0.2) is 0 Å². The third-order valence-corrected chi connectivity index (χ3v) is 4.62.